The molecular weight excluding hydrogens is 334 g/mol. The summed E-state index contributed by atoms with van der Waals surface area (Å²) in [5, 5.41) is 8.03. The standard InChI is InChI=1S/C19H29N3O4/c1-13(2)15(22-18(25)26-19(3,4)5)17(24)21-12-11-20-16(23)14-9-7-6-8-10-14/h6-10,13,15H,11-12H2,1-5H3,(H,20,23)(H,21,24)(H,22,25). The summed E-state index contributed by atoms with van der Waals surface area (Å²) in [5.74, 6) is -0.631. The largest absolute Gasteiger partial charge is 0.444 e. The minimum Gasteiger partial charge on any atom is -0.444 e. The smallest absolute Gasteiger partial charge is 0.408 e. The van der Waals surface area contributed by atoms with Crippen molar-refractivity contribution < 1.29 is 19.1 Å². The molecule has 1 atom stereocenters. The molecule has 0 aliphatic carbocycles. The Morgan fingerprint density at radius 3 is 2.12 bits per heavy atom. The van der Waals surface area contributed by atoms with Gasteiger partial charge < -0.3 is 20.7 Å². The second-order valence-electron chi connectivity index (χ2n) is 7.28. The molecule has 0 aromatic heterocycles. The normalized spacial score (nSPS) is 12.2. The number of ether oxygens (including phenoxy) is 1. The molecular formula is C19H29N3O4. The van der Waals surface area contributed by atoms with Crippen LogP contribution in [-0.4, -0.2) is 42.6 Å². The van der Waals surface area contributed by atoms with Gasteiger partial charge in [-0.25, -0.2) is 4.79 Å². The minimum absolute atomic E-state index is 0.110. The first-order valence-electron chi connectivity index (χ1n) is 8.70. The Hall–Kier alpha value is -2.57. The summed E-state index contributed by atoms with van der Waals surface area (Å²) in [6, 6.07) is 8.12. The van der Waals surface area contributed by atoms with Crippen molar-refractivity contribution in [2.45, 2.75) is 46.3 Å². The fourth-order valence-electron chi connectivity index (χ4n) is 2.13. The van der Waals surface area contributed by atoms with Gasteiger partial charge in [0.25, 0.3) is 5.91 Å². The highest BCUT2D eigenvalue weighted by Gasteiger charge is 2.26. The molecule has 3 amide bonds. The van der Waals surface area contributed by atoms with Crippen LogP contribution < -0.4 is 16.0 Å². The van der Waals surface area contributed by atoms with Crippen LogP contribution >= 0.6 is 0 Å². The third-order valence-corrected chi connectivity index (χ3v) is 3.37. The van der Waals surface area contributed by atoms with Gasteiger partial charge in [-0.2, -0.15) is 0 Å². The maximum atomic E-state index is 12.3. The van der Waals surface area contributed by atoms with E-state index < -0.39 is 17.7 Å². The van der Waals surface area contributed by atoms with Gasteiger partial charge in [0, 0.05) is 18.7 Å². The highest BCUT2D eigenvalue weighted by atomic mass is 16.6. The molecule has 0 heterocycles. The Morgan fingerprint density at radius 1 is 1.00 bits per heavy atom. The molecule has 1 unspecified atom stereocenters. The van der Waals surface area contributed by atoms with Gasteiger partial charge in [0.15, 0.2) is 0 Å². The molecule has 144 valence electrons. The van der Waals surface area contributed by atoms with Crippen molar-refractivity contribution in [2.75, 3.05) is 13.1 Å². The van der Waals surface area contributed by atoms with Gasteiger partial charge in [-0.15, -0.1) is 0 Å². The second kappa shape index (κ2) is 9.79. The van der Waals surface area contributed by atoms with Crippen molar-refractivity contribution in [1.29, 1.82) is 0 Å². The molecule has 1 rings (SSSR count). The van der Waals surface area contributed by atoms with Crippen LogP contribution in [0.3, 0.4) is 0 Å². The second-order valence-corrected chi connectivity index (χ2v) is 7.28. The Balaban J connectivity index is 2.43. The predicted octanol–water partition coefficient (Wildman–Crippen LogP) is 2.08. The highest BCUT2D eigenvalue weighted by Crippen LogP contribution is 2.08. The molecule has 0 spiro atoms. The number of carbonyl (C=O) groups excluding carboxylic acids is 3. The van der Waals surface area contributed by atoms with Gasteiger partial charge in [0.1, 0.15) is 11.6 Å². The summed E-state index contributed by atoms with van der Waals surface area (Å²) >= 11 is 0. The number of hydrogen-bond donors (Lipinski definition) is 3. The van der Waals surface area contributed by atoms with Crippen molar-refractivity contribution >= 4 is 17.9 Å². The summed E-state index contributed by atoms with van der Waals surface area (Å²) in [4.78, 5) is 36.1. The van der Waals surface area contributed by atoms with Gasteiger partial charge in [-0.3, -0.25) is 9.59 Å². The van der Waals surface area contributed by atoms with E-state index in [9.17, 15) is 14.4 Å². The molecule has 1 aromatic carbocycles. The number of alkyl carbamates (subject to hydrolysis) is 1. The zero-order chi connectivity index (χ0) is 19.7. The maximum absolute atomic E-state index is 12.3. The Labute approximate surface area is 154 Å². The third kappa shape index (κ3) is 8.00. The number of nitrogens with one attached hydrogen (secondary N) is 3. The van der Waals surface area contributed by atoms with Gasteiger partial charge >= 0.3 is 6.09 Å². The van der Waals surface area contributed by atoms with Gasteiger partial charge in [-0.05, 0) is 38.8 Å². The monoisotopic (exact) mass is 363 g/mol. The van der Waals surface area contributed by atoms with E-state index in [1.807, 2.05) is 19.9 Å². The lowest BCUT2D eigenvalue weighted by Crippen LogP contribution is -2.51. The molecule has 0 fully saturated rings. The Kier molecular flexibility index (Phi) is 8.09. The molecule has 1 aromatic rings. The molecule has 0 saturated heterocycles. The lowest BCUT2D eigenvalue weighted by Gasteiger charge is -2.25. The molecule has 3 N–H and O–H groups in total. The Morgan fingerprint density at radius 2 is 1.58 bits per heavy atom. The molecule has 0 bridgehead atoms. The Bertz CT molecular complexity index is 609. The van der Waals surface area contributed by atoms with Crippen molar-refractivity contribution in [3.63, 3.8) is 0 Å². The first kappa shape index (κ1) is 21.5. The average Bonchev–Trinajstić information content (AvgIpc) is 2.55. The predicted molar refractivity (Wildman–Crippen MR) is 99.8 cm³/mol. The molecule has 7 nitrogen and oxygen atoms in total. The van der Waals surface area contributed by atoms with Crippen LogP contribution in [-0.2, 0) is 9.53 Å². The number of hydrogen-bond acceptors (Lipinski definition) is 4. The van der Waals surface area contributed by atoms with Gasteiger partial charge in [-0.1, -0.05) is 32.0 Å². The van der Waals surface area contributed by atoms with Gasteiger partial charge in [0.05, 0.1) is 0 Å². The van der Waals surface area contributed by atoms with Gasteiger partial charge in [0.2, 0.25) is 5.91 Å². The fourth-order valence-corrected chi connectivity index (χ4v) is 2.13. The maximum Gasteiger partial charge on any atom is 0.408 e. The van der Waals surface area contributed by atoms with Crippen molar-refractivity contribution in [3.05, 3.63) is 35.9 Å². The lowest BCUT2D eigenvalue weighted by atomic mass is 10.0. The first-order chi connectivity index (χ1) is 12.1. The third-order valence-electron chi connectivity index (χ3n) is 3.37. The van der Waals surface area contributed by atoms with Crippen LogP contribution in [0.25, 0.3) is 0 Å². The summed E-state index contributed by atoms with van der Waals surface area (Å²) in [5.41, 5.74) is -0.0745. The van der Waals surface area contributed by atoms with E-state index >= 15 is 0 Å². The van der Waals surface area contributed by atoms with Crippen LogP contribution in [0.2, 0.25) is 0 Å². The average molecular weight is 363 g/mol. The number of amides is 3. The zero-order valence-corrected chi connectivity index (χ0v) is 16.1. The SMILES string of the molecule is CC(C)C(NC(=O)OC(C)(C)C)C(=O)NCCNC(=O)c1ccccc1. The number of benzene rings is 1. The number of rotatable bonds is 7. The van der Waals surface area contributed by atoms with E-state index in [1.165, 1.54) is 0 Å². The summed E-state index contributed by atoms with van der Waals surface area (Å²) in [6.45, 7) is 9.48. The van der Waals surface area contributed by atoms with Crippen LogP contribution in [0.1, 0.15) is 45.0 Å². The summed E-state index contributed by atoms with van der Waals surface area (Å²) in [6.07, 6.45) is -0.635. The highest BCUT2D eigenvalue weighted by molar-refractivity contribution is 5.94. The van der Waals surface area contributed by atoms with Crippen molar-refractivity contribution in [1.82, 2.24) is 16.0 Å². The van der Waals surface area contributed by atoms with E-state index in [2.05, 4.69) is 16.0 Å². The van der Waals surface area contributed by atoms with E-state index in [0.29, 0.717) is 5.56 Å². The molecule has 0 radical (unpaired) electrons. The molecule has 0 aliphatic heterocycles. The quantitative estimate of drug-likeness (QED) is 0.646. The first-order valence-corrected chi connectivity index (χ1v) is 8.70. The lowest BCUT2D eigenvalue weighted by molar-refractivity contribution is -0.124. The van der Waals surface area contributed by atoms with Crippen molar-refractivity contribution in [2.24, 2.45) is 5.92 Å². The van der Waals surface area contributed by atoms with E-state index in [4.69, 9.17) is 4.74 Å². The van der Waals surface area contributed by atoms with Crippen molar-refractivity contribution in [3.8, 4) is 0 Å². The summed E-state index contributed by atoms with van der Waals surface area (Å²) in [7, 11) is 0. The van der Waals surface area contributed by atoms with E-state index in [1.54, 1.807) is 45.0 Å². The minimum atomic E-state index is -0.713. The molecule has 7 heteroatoms. The fraction of sp³-hybridized carbons (Fsp3) is 0.526. The van der Waals surface area contributed by atoms with Crippen LogP contribution in [0.4, 0.5) is 4.79 Å². The summed E-state index contributed by atoms with van der Waals surface area (Å²) < 4.78 is 5.19. The molecule has 0 saturated carbocycles. The van der Waals surface area contributed by atoms with E-state index in [0.717, 1.165) is 0 Å². The van der Waals surface area contributed by atoms with E-state index in [-0.39, 0.29) is 30.8 Å². The zero-order valence-electron chi connectivity index (χ0n) is 16.1. The molecule has 0 aliphatic rings. The van der Waals surface area contributed by atoms with Crippen LogP contribution in [0, 0.1) is 5.92 Å². The molecule has 26 heavy (non-hydrogen) atoms. The van der Waals surface area contributed by atoms with Crippen LogP contribution in [0.5, 0.6) is 0 Å². The number of carbonyl (C=O) groups is 3. The van der Waals surface area contributed by atoms with Crippen LogP contribution in [0.15, 0.2) is 30.3 Å². The topological polar surface area (TPSA) is 96.5 Å².